The largest absolute Gasteiger partial charge is 0.453 e. The molecule has 0 aromatic heterocycles. The van der Waals surface area contributed by atoms with Crippen molar-refractivity contribution < 1.29 is 4.74 Å². The second-order valence-electron chi connectivity index (χ2n) is 10.2. The molecule has 0 saturated carbocycles. The van der Waals surface area contributed by atoms with E-state index in [4.69, 9.17) is 4.74 Å². The van der Waals surface area contributed by atoms with Crippen molar-refractivity contribution in [3.05, 3.63) is 88.5 Å². The van der Waals surface area contributed by atoms with E-state index in [-0.39, 0.29) is 5.41 Å². The molecule has 2 nitrogen and oxygen atoms in total. The minimum Gasteiger partial charge on any atom is -0.453 e. The third kappa shape index (κ3) is 3.26. The maximum absolute atomic E-state index is 6.47. The Bertz CT molecular complexity index is 1350. The lowest BCUT2D eigenvalue weighted by Gasteiger charge is -2.36. The first-order chi connectivity index (χ1) is 15.1. The van der Waals surface area contributed by atoms with Gasteiger partial charge in [-0.1, -0.05) is 57.2 Å². The monoisotopic (exact) mass is 421 g/mol. The Hall–Kier alpha value is -3.26. The SMILES string of the molecule is Cc1ccc2c(c1)Oc1cc3cccc(C)c3cc1N2c1c(C)cc(C(C)(C)C)cc1C. The van der Waals surface area contributed by atoms with Gasteiger partial charge in [-0.2, -0.15) is 0 Å². The third-order valence-corrected chi connectivity index (χ3v) is 6.58. The highest BCUT2D eigenvalue weighted by atomic mass is 16.5. The van der Waals surface area contributed by atoms with E-state index in [1.54, 1.807) is 0 Å². The number of rotatable bonds is 1. The van der Waals surface area contributed by atoms with Crippen LogP contribution in [-0.2, 0) is 5.41 Å². The lowest BCUT2D eigenvalue weighted by molar-refractivity contribution is 0.477. The van der Waals surface area contributed by atoms with Crippen LogP contribution in [0.15, 0.2) is 60.7 Å². The minimum absolute atomic E-state index is 0.110. The molecule has 0 amide bonds. The van der Waals surface area contributed by atoms with Crippen molar-refractivity contribution in [2.75, 3.05) is 4.90 Å². The summed E-state index contributed by atoms with van der Waals surface area (Å²) in [5, 5.41) is 2.47. The van der Waals surface area contributed by atoms with Crippen LogP contribution in [-0.4, -0.2) is 0 Å². The molecule has 1 heterocycles. The first kappa shape index (κ1) is 20.6. The highest BCUT2D eigenvalue weighted by molar-refractivity contribution is 5.97. The quantitative estimate of drug-likeness (QED) is 0.268. The van der Waals surface area contributed by atoms with Crippen molar-refractivity contribution in [1.82, 2.24) is 0 Å². The molecule has 0 bridgehead atoms. The first-order valence-corrected chi connectivity index (χ1v) is 11.4. The molecule has 1 aliphatic rings. The third-order valence-electron chi connectivity index (χ3n) is 6.58. The van der Waals surface area contributed by atoms with Crippen LogP contribution in [0.25, 0.3) is 10.8 Å². The van der Waals surface area contributed by atoms with Crippen molar-refractivity contribution in [1.29, 1.82) is 0 Å². The van der Waals surface area contributed by atoms with Crippen LogP contribution in [0, 0.1) is 27.7 Å². The standard InChI is InChI=1S/C30H31NO/c1-18-11-12-25-27(13-18)32-28-16-22-10-8-9-19(2)24(22)17-26(28)31(25)29-20(3)14-23(15-21(29)4)30(5,6)7/h8-17H,1-7H3. The zero-order valence-electron chi connectivity index (χ0n) is 20.1. The average Bonchev–Trinajstić information content (AvgIpc) is 2.71. The Morgan fingerprint density at radius 3 is 2.06 bits per heavy atom. The topological polar surface area (TPSA) is 12.5 Å². The molecule has 0 aliphatic carbocycles. The fourth-order valence-corrected chi connectivity index (χ4v) is 4.82. The van der Waals surface area contributed by atoms with Gasteiger partial charge in [0.1, 0.15) is 0 Å². The number of fused-ring (bicyclic) bond motifs is 3. The van der Waals surface area contributed by atoms with Crippen LogP contribution in [0.4, 0.5) is 17.1 Å². The van der Waals surface area contributed by atoms with Crippen molar-refractivity contribution in [2.24, 2.45) is 0 Å². The van der Waals surface area contributed by atoms with Crippen LogP contribution in [0.2, 0.25) is 0 Å². The van der Waals surface area contributed by atoms with Crippen LogP contribution >= 0.6 is 0 Å². The van der Waals surface area contributed by atoms with Crippen molar-refractivity contribution in [2.45, 2.75) is 53.9 Å². The van der Waals surface area contributed by atoms with Crippen molar-refractivity contribution >= 4 is 27.8 Å². The van der Waals surface area contributed by atoms with E-state index in [0.29, 0.717) is 0 Å². The molecular weight excluding hydrogens is 390 g/mol. The highest BCUT2D eigenvalue weighted by Crippen LogP contribution is 2.53. The van der Waals surface area contributed by atoms with Gasteiger partial charge in [-0.15, -0.1) is 0 Å². The van der Waals surface area contributed by atoms with Crippen molar-refractivity contribution in [3.8, 4) is 11.5 Å². The molecule has 0 radical (unpaired) electrons. The second kappa shape index (κ2) is 7.13. The summed E-state index contributed by atoms with van der Waals surface area (Å²) in [7, 11) is 0. The number of hydrogen-bond acceptors (Lipinski definition) is 2. The average molecular weight is 422 g/mol. The number of ether oxygens (including phenoxy) is 1. The van der Waals surface area contributed by atoms with Crippen LogP contribution in [0.3, 0.4) is 0 Å². The molecule has 0 atom stereocenters. The summed E-state index contributed by atoms with van der Waals surface area (Å²) >= 11 is 0. The van der Waals surface area contributed by atoms with Crippen molar-refractivity contribution in [3.63, 3.8) is 0 Å². The van der Waals surface area contributed by atoms with Gasteiger partial charge in [0.15, 0.2) is 11.5 Å². The van der Waals surface area contributed by atoms with E-state index in [9.17, 15) is 0 Å². The summed E-state index contributed by atoms with van der Waals surface area (Å²) < 4.78 is 6.47. The highest BCUT2D eigenvalue weighted by Gasteiger charge is 2.29. The molecule has 0 N–H and O–H groups in total. The van der Waals surface area contributed by atoms with E-state index < -0.39 is 0 Å². The predicted octanol–water partition coefficient (Wildman–Crippen LogP) is 8.95. The molecule has 2 heteroatoms. The summed E-state index contributed by atoms with van der Waals surface area (Å²) in [4.78, 5) is 2.40. The molecule has 5 rings (SSSR count). The molecule has 0 spiro atoms. The summed E-state index contributed by atoms with van der Waals surface area (Å²) in [5.41, 5.74) is 9.92. The molecule has 0 unspecified atom stereocenters. The van der Waals surface area contributed by atoms with Gasteiger partial charge in [0.25, 0.3) is 0 Å². The van der Waals surface area contributed by atoms with Gasteiger partial charge in [-0.3, -0.25) is 0 Å². The summed E-state index contributed by atoms with van der Waals surface area (Å²) in [5.74, 6) is 1.81. The first-order valence-electron chi connectivity index (χ1n) is 11.4. The van der Waals surface area contributed by atoms with Gasteiger partial charge < -0.3 is 9.64 Å². The normalized spacial score (nSPS) is 13.0. The van der Waals surface area contributed by atoms with Gasteiger partial charge in [0.05, 0.1) is 17.1 Å². The van der Waals surface area contributed by atoms with E-state index in [0.717, 1.165) is 22.9 Å². The Morgan fingerprint density at radius 2 is 1.38 bits per heavy atom. The number of nitrogens with zero attached hydrogens (tertiary/aromatic N) is 1. The fourth-order valence-electron chi connectivity index (χ4n) is 4.82. The lowest BCUT2D eigenvalue weighted by atomic mass is 9.84. The van der Waals surface area contributed by atoms with Crippen LogP contribution in [0.5, 0.6) is 11.5 Å². The number of aryl methyl sites for hydroxylation is 4. The molecule has 162 valence electrons. The number of benzene rings is 4. The minimum atomic E-state index is 0.110. The van der Waals surface area contributed by atoms with Gasteiger partial charge in [0.2, 0.25) is 0 Å². The van der Waals surface area contributed by atoms with E-state index >= 15 is 0 Å². The van der Waals surface area contributed by atoms with Gasteiger partial charge in [-0.25, -0.2) is 0 Å². The molecule has 4 aromatic carbocycles. The lowest BCUT2D eigenvalue weighted by Crippen LogP contribution is -2.19. The maximum atomic E-state index is 6.47. The predicted molar refractivity (Wildman–Crippen MR) is 136 cm³/mol. The molecule has 0 fully saturated rings. The Morgan fingerprint density at radius 1 is 0.688 bits per heavy atom. The van der Waals surface area contributed by atoms with Crippen LogP contribution < -0.4 is 9.64 Å². The fraction of sp³-hybridized carbons (Fsp3) is 0.267. The summed E-state index contributed by atoms with van der Waals surface area (Å²) in [6.07, 6.45) is 0. The summed E-state index contributed by atoms with van der Waals surface area (Å²) in [6, 6.07) is 22.1. The van der Waals surface area contributed by atoms with Gasteiger partial charge in [0, 0.05) is 0 Å². The Balaban J connectivity index is 1.82. The van der Waals surface area contributed by atoms with E-state index in [2.05, 4.69) is 114 Å². The van der Waals surface area contributed by atoms with E-state index in [1.807, 2.05) is 0 Å². The maximum Gasteiger partial charge on any atom is 0.152 e. The molecule has 4 aromatic rings. The Labute approximate surface area is 191 Å². The summed E-state index contributed by atoms with van der Waals surface area (Å²) in [6.45, 7) is 15.6. The van der Waals surface area contributed by atoms with Gasteiger partial charge >= 0.3 is 0 Å². The second-order valence-corrected chi connectivity index (χ2v) is 10.2. The smallest absolute Gasteiger partial charge is 0.152 e. The molecule has 1 aliphatic heterocycles. The van der Waals surface area contributed by atoms with Gasteiger partial charge in [-0.05, 0) is 96.0 Å². The molecule has 32 heavy (non-hydrogen) atoms. The van der Waals surface area contributed by atoms with E-state index in [1.165, 1.54) is 44.3 Å². The number of anilines is 3. The van der Waals surface area contributed by atoms with Crippen LogP contribution in [0.1, 0.15) is 48.6 Å². The number of hydrogen-bond donors (Lipinski definition) is 0. The molecule has 0 saturated heterocycles. The molecular formula is C30H31NO. The zero-order valence-corrected chi connectivity index (χ0v) is 20.1. The zero-order chi connectivity index (χ0) is 22.8. The Kier molecular flexibility index (Phi) is 4.60.